The van der Waals surface area contributed by atoms with Crippen LogP contribution in [0.15, 0.2) is 12.4 Å². The van der Waals surface area contributed by atoms with Crippen molar-refractivity contribution < 1.29 is 0 Å². The molecule has 1 aliphatic heterocycles. The molecule has 0 amide bonds. The molecule has 0 saturated carbocycles. The van der Waals surface area contributed by atoms with Crippen molar-refractivity contribution in [2.45, 2.75) is 46.6 Å². The smallest absolute Gasteiger partial charge is 0.147 e. The van der Waals surface area contributed by atoms with Crippen LogP contribution in [0.3, 0.4) is 0 Å². The maximum Gasteiger partial charge on any atom is 0.147 e. The third kappa shape index (κ3) is 3.24. The standard InChI is InChI=1S/C15H26N4/c1-4-15(5-2)7-8-19(12-15)14-11-17-10-13(18-14)9-16-6-3/h10-11,16H,4-9,12H2,1-3H3. The van der Waals surface area contributed by atoms with Crippen molar-refractivity contribution in [2.24, 2.45) is 5.41 Å². The quantitative estimate of drug-likeness (QED) is 0.855. The highest BCUT2D eigenvalue weighted by atomic mass is 15.2. The van der Waals surface area contributed by atoms with Crippen molar-refractivity contribution >= 4 is 5.82 Å². The van der Waals surface area contributed by atoms with E-state index < -0.39 is 0 Å². The first-order valence-corrected chi connectivity index (χ1v) is 7.49. The van der Waals surface area contributed by atoms with Gasteiger partial charge in [-0.2, -0.15) is 0 Å². The van der Waals surface area contributed by atoms with Gasteiger partial charge in [-0.1, -0.05) is 20.8 Å². The predicted octanol–water partition coefficient (Wildman–Crippen LogP) is 2.60. The summed E-state index contributed by atoms with van der Waals surface area (Å²) in [4.78, 5) is 11.5. The Morgan fingerprint density at radius 2 is 2.05 bits per heavy atom. The van der Waals surface area contributed by atoms with Crippen LogP contribution in [0, 0.1) is 5.41 Å². The van der Waals surface area contributed by atoms with Crippen LogP contribution >= 0.6 is 0 Å². The third-order valence-corrected chi connectivity index (χ3v) is 4.49. The Labute approximate surface area is 116 Å². The molecule has 106 valence electrons. The molecule has 0 spiro atoms. The van der Waals surface area contributed by atoms with E-state index in [1.54, 1.807) is 0 Å². The zero-order chi connectivity index (χ0) is 13.7. The maximum atomic E-state index is 4.73. The van der Waals surface area contributed by atoms with E-state index >= 15 is 0 Å². The Morgan fingerprint density at radius 3 is 2.68 bits per heavy atom. The lowest BCUT2D eigenvalue weighted by Crippen LogP contribution is -2.27. The number of aromatic nitrogens is 2. The van der Waals surface area contributed by atoms with E-state index in [0.29, 0.717) is 5.41 Å². The van der Waals surface area contributed by atoms with Crippen LogP contribution in [0.5, 0.6) is 0 Å². The van der Waals surface area contributed by atoms with Gasteiger partial charge in [-0.25, -0.2) is 4.98 Å². The third-order valence-electron chi connectivity index (χ3n) is 4.49. The summed E-state index contributed by atoms with van der Waals surface area (Å²) in [5.41, 5.74) is 1.52. The SMILES string of the molecule is CCNCc1cncc(N2CCC(CC)(CC)C2)n1. The lowest BCUT2D eigenvalue weighted by molar-refractivity contribution is 0.301. The van der Waals surface area contributed by atoms with E-state index in [0.717, 1.165) is 37.7 Å². The average molecular weight is 262 g/mol. The second-order valence-corrected chi connectivity index (χ2v) is 5.53. The van der Waals surface area contributed by atoms with E-state index in [-0.39, 0.29) is 0 Å². The Bertz CT molecular complexity index is 401. The van der Waals surface area contributed by atoms with Crippen molar-refractivity contribution in [1.29, 1.82) is 0 Å². The summed E-state index contributed by atoms with van der Waals surface area (Å²) in [7, 11) is 0. The average Bonchev–Trinajstić information content (AvgIpc) is 2.91. The van der Waals surface area contributed by atoms with E-state index in [1.165, 1.54) is 19.3 Å². The number of nitrogens with one attached hydrogen (secondary N) is 1. The first-order valence-electron chi connectivity index (χ1n) is 7.49. The topological polar surface area (TPSA) is 41.1 Å². The van der Waals surface area contributed by atoms with Gasteiger partial charge < -0.3 is 10.2 Å². The second-order valence-electron chi connectivity index (χ2n) is 5.53. The Kier molecular flexibility index (Phi) is 4.75. The van der Waals surface area contributed by atoms with Gasteiger partial charge in [0.25, 0.3) is 0 Å². The monoisotopic (exact) mass is 262 g/mol. The van der Waals surface area contributed by atoms with Crippen molar-refractivity contribution in [1.82, 2.24) is 15.3 Å². The van der Waals surface area contributed by atoms with Crippen LogP contribution in [0.2, 0.25) is 0 Å². The normalized spacial score (nSPS) is 17.9. The first-order chi connectivity index (χ1) is 9.23. The number of nitrogens with zero attached hydrogens (tertiary/aromatic N) is 3. The highest BCUT2D eigenvalue weighted by molar-refractivity contribution is 5.38. The molecule has 2 rings (SSSR count). The minimum atomic E-state index is 0.485. The molecule has 1 saturated heterocycles. The molecule has 1 N–H and O–H groups in total. The molecular formula is C15H26N4. The van der Waals surface area contributed by atoms with Crippen LogP contribution in [0.25, 0.3) is 0 Å². The van der Waals surface area contributed by atoms with Crippen molar-refractivity contribution in [3.63, 3.8) is 0 Å². The molecule has 0 atom stereocenters. The minimum Gasteiger partial charge on any atom is -0.355 e. The molecule has 0 radical (unpaired) electrons. The largest absolute Gasteiger partial charge is 0.355 e. The van der Waals surface area contributed by atoms with Crippen LogP contribution < -0.4 is 10.2 Å². The van der Waals surface area contributed by atoms with E-state index in [1.807, 2.05) is 12.4 Å². The summed E-state index contributed by atoms with van der Waals surface area (Å²) in [6.45, 7) is 10.7. The lowest BCUT2D eigenvalue weighted by Gasteiger charge is -2.26. The molecule has 0 unspecified atom stereocenters. The first kappa shape index (κ1) is 14.3. The Balaban J connectivity index is 2.06. The molecule has 19 heavy (non-hydrogen) atoms. The van der Waals surface area contributed by atoms with Crippen molar-refractivity contribution in [3.8, 4) is 0 Å². The van der Waals surface area contributed by atoms with Crippen molar-refractivity contribution in [2.75, 3.05) is 24.5 Å². The molecule has 1 aromatic rings. The van der Waals surface area contributed by atoms with Gasteiger partial charge in [-0.15, -0.1) is 0 Å². The van der Waals surface area contributed by atoms with Gasteiger partial charge in [0.05, 0.1) is 11.9 Å². The Morgan fingerprint density at radius 1 is 1.26 bits per heavy atom. The molecule has 0 bridgehead atoms. The fourth-order valence-corrected chi connectivity index (χ4v) is 2.84. The highest BCUT2D eigenvalue weighted by Gasteiger charge is 2.35. The molecular weight excluding hydrogens is 236 g/mol. The maximum absolute atomic E-state index is 4.73. The lowest BCUT2D eigenvalue weighted by atomic mass is 9.82. The molecule has 1 aromatic heterocycles. The Hall–Kier alpha value is -1.16. The number of anilines is 1. The van der Waals surface area contributed by atoms with E-state index in [4.69, 9.17) is 4.98 Å². The summed E-state index contributed by atoms with van der Waals surface area (Å²) >= 11 is 0. The molecule has 0 aliphatic carbocycles. The summed E-state index contributed by atoms with van der Waals surface area (Å²) in [6, 6.07) is 0. The second kappa shape index (κ2) is 6.33. The van der Waals surface area contributed by atoms with E-state index in [9.17, 15) is 0 Å². The zero-order valence-corrected chi connectivity index (χ0v) is 12.4. The van der Waals surface area contributed by atoms with Gasteiger partial charge in [-0.3, -0.25) is 4.98 Å². The van der Waals surface area contributed by atoms with Gasteiger partial charge in [0.2, 0.25) is 0 Å². The summed E-state index contributed by atoms with van der Waals surface area (Å²) in [6.07, 6.45) is 7.54. The molecule has 0 aromatic carbocycles. The van der Waals surface area contributed by atoms with Crippen LogP contribution in [0.4, 0.5) is 5.82 Å². The molecule has 2 heterocycles. The minimum absolute atomic E-state index is 0.485. The number of hydrogen-bond donors (Lipinski definition) is 1. The fraction of sp³-hybridized carbons (Fsp3) is 0.733. The molecule has 1 aliphatic rings. The highest BCUT2D eigenvalue weighted by Crippen LogP contribution is 2.38. The van der Waals surface area contributed by atoms with Crippen LogP contribution in [-0.2, 0) is 6.54 Å². The summed E-state index contributed by atoms with van der Waals surface area (Å²) in [5, 5.41) is 3.30. The van der Waals surface area contributed by atoms with Gasteiger partial charge in [0.15, 0.2) is 0 Å². The van der Waals surface area contributed by atoms with Gasteiger partial charge in [0, 0.05) is 25.8 Å². The van der Waals surface area contributed by atoms with Gasteiger partial charge >= 0.3 is 0 Å². The number of rotatable bonds is 6. The van der Waals surface area contributed by atoms with Crippen molar-refractivity contribution in [3.05, 3.63) is 18.1 Å². The van der Waals surface area contributed by atoms with Gasteiger partial charge in [-0.05, 0) is 31.2 Å². The van der Waals surface area contributed by atoms with Crippen LogP contribution in [0.1, 0.15) is 45.7 Å². The molecule has 1 fully saturated rings. The molecule has 4 heteroatoms. The summed E-state index contributed by atoms with van der Waals surface area (Å²) < 4.78 is 0. The summed E-state index contributed by atoms with van der Waals surface area (Å²) in [5.74, 6) is 1.04. The molecule has 4 nitrogen and oxygen atoms in total. The van der Waals surface area contributed by atoms with Gasteiger partial charge in [0.1, 0.15) is 5.82 Å². The number of hydrogen-bond acceptors (Lipinski definition) is 4. The fourth-order valence-electron chi connectivity index (χ4n) is 2.84. The van der Waals surface area contributed by atoms with Crippen LogP contribution in [-0.4, -0.2) is 29.6 Å². The zero-order valence-electron chi connectivity index (χ0n) is 12.4. The van der Waals surface area contributed by atoms with E-state index in [2.05, 4.69) is 36.0 Å². The predicted molar refractivity (Wildman–Crippen MR) is 79.3 cm³/mol.